The number of ether oxygens (including phenoxy) is 1. The van der Waals surface area contributed by atoms with Crippen molar-refractivity contribution in [3.63, 3.8) is 0 Å². The summed E-state index contributed by atoms with van der Waals surface area (Å²) in [4.78, 5) is 39.3. The largest absolute Gasteiger partial charge is 0.573 e. The number of nitrogens with one attached hydrogen (secondary N) is 1. The number of carbonyl (C=O) groups excluding carboxylic acids is 2. The summed E-state index contributed by atoms with van der Waals surface area (Å²) in [7, 11) is 1.99. The summed E-state index contributed by atoms with van der Waals surface area (Å²) in [6.45, 7) is 7.70. The highest BCUT2D eigenvalue weighted by atomic mass is 32.1. The van der Waals surface area contributed by atoms with E-state index in [0.717, 1.165) is 35.5 Å². The molecule has 1 fully saturated rings. The third-order valence-corrected chi connectivity index (χ3v) is 8.33. The van der Waals surface area contributed by atoms with E-state index in [0.29, 0.717) is 28.5 Å². The molecule has 1 aromatic carbocycles. The zero-order valence-corrected chi connectivity index (χ0v) is 22.9. The van der Waals surface area contributed by atoms with Gasteiger partial charge < -0.3 is 19.9 Å². The number of fused-ring (bicyclic) bond motifs is 1. The number of benzene rings is 1. The van der Waals surface area contributed by atoms with Crippen LogP contribution in [0, 0.1) is 5.82 Å². The number of halogens is 4. The second-order valence-electron chi connectivity index (χ2n) is 10.1. The summed E-state index contributed by atoms with van der Waals surface area (Å²) in [5, 5.41) is 2.75. The third-order valence-electron chi connectivity index (χ3n) is 6.88. The maximum atomic E-state index is 14.9. The number of imide groups is 1. The lowest BCUT2D eigenvalue weighted by Gasteiger charge is -2.34. The number of aromatic nitrogens is 2. The van der Waals surface area contributed by atoms with Crippen molar-refractivity contribution in [2.24, 2.45) is 0 Å². The predicted molar refractivity (Wildman–Crippen MR) is 141 cm³/mol. The number of amides is 2. The topological polar surface area (TPSA) is 90.9 Å². The van der Waals surface area contributed by atoms with E-state index in [-0.39, 0.29) is 22.9 Å². The van der Waals surface area contributed by atoms with Gasteiger partial charge in [0, 0.05) is 43.7 Å². The number of hydrogen-bond donors (Lipinski definition) is 1. The molecule has 2 amide bonds. The van der Waals surface area contributed by atoms with Crippen molar-refractivity contribution in [2.45, 2.75) is 32.7 Å². The Kier molecular flexibility index (Phi) is 6.94. The Morgan fingerprint density at radius 1 is 1.15 bits per heavy atom. The van der Waals surface area contributed by atoms with Crippen LogP contribution in [0.25, 0.3) is 10.6 Å². The number of likely N-dealkylation sites (N-methyl/N-ethyl adjacent to an activating group) is 1. The molecule has 4 heterocycles. The minimum atomic E-state index is -4.94. The van der Waals surface area contributed by atoms with E-state index in [1.807, 2.05) is 11.9 Å². The van der Waals surface area contributed by atoms with E-state index in [9.17, 15) is 27.2 Å². The summed E-state index contributed by atoms with van der Waals surface area (Å²) >= 11 is 1.11. The van der Waals surface area contributed by atoms with Crippen molar-refractivity contribution in [3.05, 3.63) is 46.7 Å². The molecule has 0 aliphatic carbocycles. The fraction of sp³-hybridized carbons (Fsp3) is 0.385. The Balaban J connectivity index is 1.49. The number of hydrogen-bond acceptors (Lipinski definition) is 9. The Labute approximate surface area is 231 Å². The molecule has 0 saturated carbocycles. The van der Waals surface area contributed by atoms with E-state index in [1.165, 1.54) is 25.1 Å². The molecule has 14 heteroatoms. The molecule has 3 aromatic rings. The van der Waals surface area contributed by atoms with Crippen molar-refractivity contribution < 1.29 is 31.9 Å². The number of alkyl halides is 3. The Morgan fingerprint density at radius 3 is 2.48 bits per heavy atom. The van der Waals surface area contributed by atoms with Crippen LogP contribution in [0.1, 0.15) is 36.0 Å². The average molecular weight is 579 g/mol. The molecule has 0 bridgehead atoms. The van der Waals surface area contributed by atoms with Gasteiger partial charge in [-0.15, -0.1) is 24.5 Å². The van der Waals surface area contributed by atoms with Crippen molar-refractivity contribution in [1.29, 1.82) is 0 Å². The van der Waals surface area contributed by atoms with Crippen LogP contribution < -0.4 is 15.0 Å². The predicted octanol–water partition coefficient (Wildman–Crippen LogP) is 4.98. The van der Waals surface area contributed by atoms with E-state index in [4.69, 9.17) is 0 Å². The smallest absolute Gasteiger partial charge is 0.404 e. The molecule has 0 unspecified atom stereocenters. The van der Waals surface area contributed by atoms with Gasteiger partial charge in [-0.05, 0) is 45.2 Å². The molecule has 0 atom stereocenters. The highest BCUT2D eigenvalue weighted by molar-refractivity contribution is 7.16. The van der Waals surface area contributed by atoms with Crippen molar-refractivity contribution in [2.75, 3.05) is 43.4 Å². The van der Waals surface area contributed by atoms with Crippen LogP contribution in [-0.4, -0.2) is 71.2 Å². The van der Waals surface area contributed by atoms with Crippen LogP contribution in [0.2, 0.25) is 0 Å². The molecule has 9 nitrogen and oxygen atoms in total. The lowest BCUT2D eigenvalue weighted by atomic mass is 10.0. The van der Waals surface area contributed by atoms with Gasteiger partial charge in [0.15, 0.2) is 11.6 Å². The van der Waals surface area contributed by atoms with Crippen LogP contribution in [0.5, 0.6) is 5.75 Å². The van der Waals surface area contributed by atoms with Gasteiger partial charge in [0.05, 0.1) is 27.9 Å². The Morgan fingerprint density at radius 2 is 1.85 bits per heavy atom. The van der Waals surface area contributed by atoms with Crippen LogP contribution in [0.4, 0.5) is 34.9 Å². The van der Waals surface area contributed by atoms with Crippen LogP contribution in [0.15, 0.2) is 30.5 Å². The molecule has 0 spiro atoms. The number of anilines is 3. The first-order valence-electron chi connectivity index (χ1n) is 12.4. The highest BCUT2D eigenvalue weighted by Gasteiger charge is 2.47. The standard InChI is InChI=1S/C26H26F4N6O3S/c1-14(37)36-23(38)16-12-20(40-22(16)25(36,2)3)21-17(27)13-31-24(33-21)32-18-11-15(35-9-7-34(4)8-10-35)5-6-19(18)39-26(28,29)30/h5-6,11-13H,7-10H2,1-4H3,(H,31,32,33). The Hall–Kier alpha value is -3.78. The first kappa shape index (κ1) is 27.8. The van der Waals surface area contributed by atoms with Crippen molar-refractivity contribution in [1.82, 2.24) is 19.8 Å². The quantitative estimate of drug-likeness (QED) is 0.425. The minimum absolute atomic E-state index is 0.0478. The van der Waals surface area contributed by atoms with E-state index in [1.54, 1.807) is 19.9 Å². The fourth-order valence-corrected chi connectivity index (χ4v) is 6.18. The van der Waals surface area contributed by atoms with Gasteiger partial charge in [0.2, 0.25) is 11.9 Å². The number of rotatable bonds is 5. The monoisotopic (exact) mass is 578 g/mol. The number of piperazine rings is 1. The lowest BCUT2D eigenvalue weighted by molar-refractivity contribution is -0.274. The zero-order valence-electron chi connectivity index (χ0n) is 22.1. The van der Waals surface area contributed by atoms with E-state index < -0.39 is 35.3 Å². The van der Waals surface area contributed by atoms with Crippen molar-refractivity contribution >= 4 is 40.5 Å². The van der Waals surface area contributed by atoms with Gasteiger partial charge in [0.25, 0.3) is 5.91 Å². The molecule has 1 N–H and O–H groups in total. The number of thiophene rings is 1. The van der Waals surface area contributed by atoms with Gasteiger partial charge in [-0.2, -0.15) is 0 Å². The molecule has 2 aliphatic rings. The first-order chi connectivity index (χ1) is 18.7. The van der Waals surface area contributed by atoms with Gasteiger partial charge in [0.1, 0.15) is 5.69 Å². The normalized spacial score (nSPS) is 17.2. The summed E-state index contributed by atoms with van der Waals surface area (Å²) in [6, 6.07) is 5.74. The summed E-state index contributed by atoms with van der Waals surface area (Å²) in [6.07, 6.45) is -4.04. The van der Waals surface area contributed by atoms with Gasteiger partial charge >= 0.3 is 6.36 Å². The number of nitrogens with zero attached hydrogens (tertiary/aromatic N) is 5. The molecule has 0 radical (unpaired) electrons. The van der Waals surface area contributed by atoms with Gasteiger partial charge in [-0.3, -0.25) is 14.5 Å². The molecule has 2 aromatic heterocycles. The van der Waals surface area contributed by atoms with Gasteiger partial charge in [-0.1, -0.05) is 0 Å². The molecular weight excluding hydrogens is 552 g/mol. The molecule has 5 rings (SSSR count). The average Bonchev–Trinajstić information content (AvgIpc) is 3.39. The minimum Gasteiger partial charge on any atom is -0.404 e. The molecular formula is C26H26F4N6O3S. The van der Waals surface area contributed by atoms with Crippen LogP contribution in [0.3, 0.4) is 0 Å². The van der Waals surface area contributed by atoms with Crippen LogP contribution in [-0.2, 0) is 10.3 Å². The molecule has 40 heavy (non-hydrogen) atoms. The first-order valence-corrected chi connectivity index (χ1v) is 13.2. The molecule has 212 valence electrons. The molecule has 2 aliphatic heterocycles. The maximum absolute atomic E-state index is 14.9. The van der Waals surface area contributed by atoms with E-state index in [2.05, 4.69) is 24.9 Å². The summed E-state index contributed by atoms with van der Waals surface area (Å²) < 4.78 is 58.6. The van der Waals surface area contributed by atoms with Gasteiger partial charge in [-0.25, -0.2) is 14.4 Å². The third kappa shape index (κ3) is 5.20. The van der Waals surface area contributed by atoms with Crippen LogP contribution >= 0.6 is 11.3 Å². The molecule has 1 saturated heterocycles. The fourth-order valence-electron chi connectivity index (χ4n) is 4.94. The second-order valence-corrected chi connectivity index (χ2v) is 11.2. The number of carbonyl (C=O) groups is 2. The summed E-state index contributed by atoms with van der Waals surface area (Å²) in [5.74, 6) is -2.33. The van der Waals surface area contributed by atoms with E-state index >= 15 is 0 Å². The highest BCUT2D eigenvalue weighted by Crippen LogP contribution is 2.46. The Bertz CT molecular complexity index is 1480. The second kappa shape index (κ2) is 10.0. The lowest BCUT2D eigenvalue weighted by Crippen LogP contribution is -2.44. The summed E-state index contributed by atoms with van der Waals surface area (Å²) in [5.41, 5.74) is -0.164. The maximum Gasteiger partial charge on any atom is 0.573 e. The van der Waals surface area contributed by atoms with Crippen molar-refractivity contribution in [3.8, 4) is 16.3 Å². The SMILES string of the molecule is CC(=O)N1C(=O)c2cc(-c3nc(Nc4cc(N5CCN(C)CC5)ccc4OC(F)(F)F)ncc3F)sc2C1(C)C. The zero-order chi connectivity index (χ0) is 29.0.